The average Bonchev–Trinajstić information content (AvgIpc) is 3.23. The first-order chi connectivity index (χ1) is 9.15. The van der Waals surface area contributed by atoms with E-state index in [-0.39, 0.29) is 5.54 Å². The lowest BCUT2D eigenvalue weighted by Gasteiger charge is -2.33. The molecule has 2 atom stereocenters. The van der Waals surface area contributed by atoms with E-state index in [1.165, 1.54) is 12.8 Å². The van der Waals surface area contributed by atoms with Gasteiger partial charge in [-0.25, -0.2) is 0 Å². The second kappa shape index (κ2) is 6.69. The number of nitrogens with zero attached hydrogens (tertiary/aromatic N) is 2. The molecular formula is C15H27N3O. The van der Waals surface area contributed by atoms with Crippen LogP contribution in [0.1, 0.15) is 46.0 Å². The van der Waals surface area contributed by atoms with Crippen LogP contribution >= 0.6 is 0 Å². The molecule has 4 nitrogen and oxygen atoms in total. The number of hydrogen-bond donors (Lipinski definition) is 1. The van der Waals surface area contributed by atoms with Crippen LogP contribution in [0.2, 0.25) is 0 Å². The molecule has 1 heterocycles. The summed E-state index contributed by atoms with van der Waals surface area (Å²) in [6.07, 6.45) is 5.99. The normalized spacial score (nSPS) is 27.7. The van der Waals surface area contributed by atoms with Crippen LogP contribution in [-0.4, -0.2) is 48.8 Å². The Kier molecular flexibility index (Phi) is 5.20. The van der Waals surface area contributed by atoms with Gasteiger partial charge in [-0.05, 0) is 45.6 Å². The molecule has 4 heteroatoms. The Hall–Kier alpha value is -0.630. The van der Waals surface area contributed by atoms with Crippen LogP contribution in [0.5, 0.6) is 0 Å². The molecule has 1 aliphatic carbocycles. The molecule has 1 saturated carbocycles. The van der Waals surface area contributed by atoms with E-state index in [1.54, 1.807) is 0 Å². The molecule has 2 fully saturated rings. The van der Waals surface area contributed by atoms with E-state index >= 15 is 0 Å². The van der Waals surface area contributed by atoms with Crippen LogP contribution in [-0.2, 0) is 4.74 Å². The maximum Gasteiger partial charge on any atom is 0.104 e. The first-order valence-corrected chi connectivity index (χ1v) is 7.68. The van der Waals surface area contributed by atoms with Crippen molar-refractivity contribution in [2.24, 2.45) is 0 Å². The number of morpholine rings is 1. The van der Waals surface area contributed by atoms with E-state index in [1.807, 2.05) is 6.92 Å². The minimum absolute atomic E-state index is 0.336. The standard InChI is InChI=1S/C15H27N3O/c1-3-14-11-18(9-10-19-14)8-4-7-15(2,12-16)17-13-5-6-13/h13-14,17H,3-11H2,1-2H3. The minimum atomic E-state index is -0.336. The maximum atomic E-state index is 9.33. The molecule has 2 aliphatic rings. The van der Waals surface area contributed by atoms with E-state index < -0.39 is 0 Å². The zero-order chi connectivity index (χ0) is 13.7. The number of ether oxygens (including phenoxy) is 1. The Morgan fingerprint density at radius 3 is 2.89 bits per heavy atom. The molecule has 0 aromatic carbocycles. The smallest absolute Gasteiger partial charge is 0.104 e. The molecular weight excluding hydrogens is 238 g/mol. The molecule has 19 heavy (non-hydrogen) atoms. The fraction of sp³-hybridized carbons (Fsp3) is 0.933. The van der Waals surface area contributed by atoms with Gasteiger partial charge in [0.15, 0.2) is 0 Å². The van der Waals surface area contributed by atoms with E-state index in [0.717, 1.165) is 45.5 Å². The van der Waals surface area contributed by atoms with Crippen LogP contribution in [0, 0.1) is 11.3 Å². The second-order valence-corrected chi connectivity index (χ2v) is 6.17. The Labute approximate surface area is 117 Å². The van der Waals surface area contributed by atoms with Gasteiger partial charge in [0.25, 0.3) is 0 Å². The summed E-state index contributed by atoms with van der Waals surface area (Å²) in [5, 5.41) is 12.8. The lowest BCUT2D eigenvalue weighted by atomic mass is 9.97. The summed E-state index contributed by atoms with van der Waals surface area (Å²) in [6.45, 7) is 8.25. The zero-order valence-electron chi connectivity index (χ0n) is 12.3. The van der Waals surface area contributed by atoms with E-state index in [4.69, 9.17) is 4.74 Å². The first-order valence-electron chi connectivity index (χ1n) is 7.68. The van der Waals surface area contributed by atoms with Crippen LogP contribution < -0.4 is 5.32 Å². The van der Waals surface area contributed by atoms with Crippen LogP contribution in [0.25, 0.3) is 0 Å². The van der Waals surface area contributed by atoms with Crippen molar-refractivity contribution < 1.29 is 4.74 Å². The first kappa shape index (κ1) is 14.8. The third-order valence-electron chi connectivity index (χ3n) is 4.18. The summed E-state index contributed by atoms with van der Waals surface area (Å²) >= 11 is 0. The average molecular weight is 265 g/mol. The van der Waals surface area contributed by atoms with Crippen molar-refractivity contribution in [2.75, 3.05) is 26.2 Å². The summed E-state index contributed by atoms with van der Waals surface area (Å²) in [5.74, 6) is 0. The van der Waals surface area contributed by atoms with E-state index in [0.29, 0.717) is 12.1 Å². The van der Waals surface area contributed by atoms with Crippen molar-refractivity contribution in [3.63, 3.8) is 0 Å². The molecule has 0 aromatic rings. The Morgan fingerprint density at radius 2 is 2.26 bits per heavy atom. The number of nitriles is 1. The highest BCUT2D eigenvalue weighted by molar-refractivity contribution is 5.07. The van der Waals surface area contributed by atoms with Crippen molar-refractivity contribution in [1.82, 2.24) is 10.2 Å². The van der Waals surface area contributed by atoms with Crippen molar-refractivity contribution >= 4 is 0 Å². The van der Waals surface area contributed by atoms with Crippen LogP contribution in [0.4, 0.5) is 0 Å². The Bertz CT molecular complexity index is 324. The van der Waals surface area contributed by atoms with E-state index in [2.05, 4.69) is 23.2 Å². The maximum absolute atomic E-state index is 9.33. The van der Waals surface area contributed by atoms with Crippen molar-refractivity contribution in [3.05, 3.63) is 0 Å². The van der Waals surface area contributed by atoms with Crippen molar-refractivity contribution in [2.45, 2.75) is 63.6 Å². The molecule has 0 bridgehead atoms. The topological polar surface area (TPSA) is 48.3 Å². The van der Waals surface area contributed by atoms with Crippen molar-refractivity contribution in [3.8, 4) is 6.07 Å². The largest absolute Gasteiger partial charge is 0.376 e. The highest BCUT2D eigenvalue weighted by atomic mass is 16.5. The predicted molar refractivity (Wildman–Crippen MR) is 75.9 cm³/mol. The van der Waals surface area contributed by atoms with Gasteiger partial charge in [0.2, 0.25) is 0 Å². The number of rotatable bonds is 7. The molecule has 108 valence electrons. The highest BCUT2D eigenvalue weighted by Crippen LogP contribution is 2.24. The van der Waals surface area contributed by atoms with Crippen LogP contribution in [0.3, 0.4) is 0 Å². The Morgan fingerprint density at radius 1 is 1.47 bits per heavy atom. The molecule has 1 saturated heterocycles. The molecule has 2 unspecified atom stereocenters. The molecule has 1 aliphatic heterocycles. The SMILES string of the molecule is CCC1CN(CCCC(C)(C#N)NC2CC2)CCO1. The fourth-order valence-electron chi connectivity index (χ4n) is 2.73. The zero-order valence-corrected chi connectivity index (χ0v) is 12.3. The summed E-state index contributed by atoms with van der Waals surface area (Å²) < 4.78 is 5.68. The molecule has 2 rings (SSSR count). The lowest BCUT2D eigenvalue weighted by Crippen LogP contribution is -2.45. The van der Waals surface area contributed by atoms with Gasteiger partial charge in [-0.15, -0.1) is 0 Å². The third-order valence-corrected chi connectivity index (χ3v) is 4.18. The van der Waals surface area contributed by atoms with Gasteiger partial charge in [0, 0.05) is 19.1 Å². The summed E-state index contributed by atoms with van der Waals surface area (Å²) in [4.78, 5) is 2.48. The number of hydrogen-bond acceptors (Lipinski definition) is 4. The van der Waals surface area contributed by atoms with Gasteiger partial charge in [-0.1, -0.05) is 6.92 Å². The molecule has 0 radical (unpaired) electrons. The predicted octanol–water partition coefficient (Wildman–Crippen LogP) is 1.91. The van der Waals surface area contributed by atoms with Gasteiger partial charge >= 0.3 is 0 Å². The monoisotopic (exact) mass is 265 g/mol. The molecule has 0 spiro atoms. The number of nitrogens with one attached hydrogen (secondary N) is 1. The van der Waals surface area contributed by atoms with Crippen LogP contribution in [0.15, 0.2) is 0 Å². The van der Waals surface area contributed by atoms with Crippen molar-refractivity contribution in [1.29, 1.82) is 5.26 Å². The summed E-state index contributed by atoms with van der Waals surface area (Å²) in [7, 11) is 0. The summed E-state index contributed by atoms with van der Waals surface area (Å²) in [6, 6.07) is 3.05. The highest BCUT2D eigenvalue weighted by Gasteiger charge is 2.32. The molecule has 0 aromatic heterocycles. The van der Waals surface area contributed by atoms with Gasteiger partial charge < -0.3 is 4.74 Å². The fourth-order valence-corrected chi connectivity index (χ4v) is 2.73. The van der Waals surface area contributed by atoms with Gasteiger partial charge in [-0.3, -0.25) is 10.2 Å². The lowest BCUT2D eigenvalue weighted by molar-refractivity contribution is -0.0302. The Balaban J connectivity index is 1.68. The van der Waals surface area contributed by atoms with Gasteiger partial charge in [0.05, 0.1) is 18.8 Å². The van der Waals surface area contributed by atoms with E-state index in [9.17, 15) is 5.26 Å². The van der Waals surface area contributed by atoms with Gasteiger partial charge in [0.1, 0.15) is 5.54 Å². The van der Waals surface area contributed by atoms with Gasteiger partial charge in [-0.2, -0.15) is 5.26 Å². The second-order valence-electron chi connectivity index (χ2n) is 6.17. The summed E-state index contributed by atoms with van der Waals surface area (Å²) in [5.41, 5.74) is -0.336. The minimum Gasteiger partial charge on any atom is -0.376 e. The third kappa shape index (κ3) is 4.76. The molecule has 1 N–H and O–H groups in total. The quantitative estimate of drug-likeness (QED) is 0.764. The molecule has 0 amide bonds.